The van der Waals surface area contributed by atoms with E-state index in [9.17, 15) is 19.2 Å². The molecule has 1 aromatic carbocycles. The molecule has 0 unspecified atom stereocenters. The third-order valence-corrected chi connectivity index (χ3v) is 9.95. The molecule has 0 radical (unpaired) electrons. The van der Waals surface area contributed by atoms with Gasteiger partial charge in [-0.2, -0.15) is 20.4 Å². The van der Waals surface area contributed by atoms with Gasteiger partial charge in [0.05, 0.1) is 51.7 Å². The molecule has 0 spiro atoms. The molecule has 0 bridgehead atoms. The number of carbonyl (C=O) groups excluding carboxylic acids is 4. The van der Waals surface area contributed by atoms with E-state index in [4.69, 9.17) is 20.6 Å². The molecular weight excluding hydrogens is 891 g/mol. The maximum absolute atomic E-state index is 12.6. The number of halogens is 1. The van der Waals surface area contributed by atoms with Crippen molar-refractivity contribution in [2.75, 3.05) is 13.2 Å². The third-order valence-electron chi connectivity index (χ3n) is 8.66. The van der Waals surface area contributed by atoms with Crippen LogP contribution in [0.3, 0.4) is 0 Å². The molecule has 4 heterocycles. The molecule has 0 amide bonds. The zero-order valence-corrected chi connectivity index (χ0v) is 38.7. The smallest absolute Gasteiger partial charge is 0.357 e. The number of hydrogen-bond donors (Lipinski definition) is 0. The van der Waals surface area contributed by atoms with Crippen molar-refractivity contribution in [3.05, 3.63) is 103 Å². The molecule has 0 atom stereocenters. The van der Waals surface area contributed by atoms with Crippen molar-refractivity contribution >= 4 is 46.3 Å². The van der Waals surface area contributed by atoms with Gasteiger partial charge in [0.2, 0.25) is 0 Å². The number of ketones is 1. The van der Waals surface area contributed by atoms with Crippen LogP contribution in [-0.4, -0.2) is 76.0 Å². The van der Waals surface area contributed by atoms with Gasteiger partial charge in [0.15, 0.2) is 17.2 Å². The van der Waals surface area contributed by atoms with Gasteiger partial charge in [0.25, 0.3) is 0 Å². The molecule has 4 aromatic heterocycles. The fraction of sp³-hybridized carbons (Fsp3) is 0.422. The van der Waals surface area contributed by atoms with Crippen LogP contribution in [0.2, 0.25) is 0 Å². The van der Waals surface area contributed by atoms with E-state index in [1.807, 2.05) is 71.9 Å². The standard InChI is InChI=1S/C26H30N4O4.C10H12N2O.C9H13IN2O2/c1-5-29-24(26(32)33-6-2)22(20(4)28-29)15-11-8-12-16-30-23(17-19(3)27-30)25(31)34-18-21-13-9-7-10-14-21;1-4-5-6-12-10(9(3)13)7-8(2)11-12;1-4-12-8(9(13)14-5-2)7(10)6(3)11-12/h7,9-10,13-14,17H,5-6,8,12,16,18H2,1-4H3;1,7H,5-6H2,2-3H3;4-5H2,1-3H3. The summed E-state index contributed by atoms with van der Waals surface area (Å²) < 4.78 is 23.1. The van der Waals surface area contributed by atoms with Crippen LogP contribution in [0, 0.1) is 55.4 Å². The summed E-state index contributed by atoms with van der Waals surface area (Å²) in [5.41, 5.74) is 6.70. The summed E-state index contributed by atoms with van der Waals surface area (Å²) in [6.45, 7) is 19.6. The van der Waals surface area contributed by atoms with Crippen molar-refractivity contribution in [2.45, 2.75) is 114 Å². The number of hydrogen-bond acceptors (Lipinski definition) is 11. The monoisotopic (exact) mass is 946 g/mol. The van der Waals surface area contributed by atoms with E-state index in [1.165, 1.54) is 6.92 Å². The molecule has 324 valence electrons. The highest BCUT2D eigenvalue weighted by Crippen LogP contribution is 2.18. The lowest BCUT2D eigenvalue weighted by atomic mass is 10.1. The van der Waals surface area contributed by atoms with Crippen LogP contribution >= 0.6 is 22.6 Å². The van der Waals surface area contributed by atoms with Crippen molar-refractivity contribution in [1.82, 2.24) is 39.1 Å². The highest BCUT2D eigenvalue weighted by atomic mass is 127. The van der Waals surface area contributed by atoms with Gasteiger partial charge in [-0.1, -0.05) is 42.2 Å². The molecule has 0 aliphatic carbocycles. The largest absolute Gasteiger partial charge is 0.461 e. The van der Waals surface area contributed by atoms with E-state index in [0.29, 0.717) is 92.7 Å². The Morgan fingerprint density at radius 1 is 0.689 bits per heavy atom. The van der Waals surface area contributed by atoms with E-state index in [2.05, 4.69) is 60.7 Å². The highest BCUT2D eigenvalue weighted by Gasteiger charge is 2.22. The van der Waals surface area contributed by atoms with E-state index in [0.717, 1.165) is 26.2 Å². The van der Waals surface area contributed by atoms with Crippen LogP contribution in [0.15, 0.2) is 42.5 Å². The number of aryl methyl sites for hydroxylation is 8. The molecule has 0 aliphatic rings. The Balaban J connectivity index is 0.000000300. The first-order valence-corrected chi connectivity index (χ1v) is 21.2. The number of Topliss-reactive ketones (excluding diaryl/α,β-unsaturated/α-hetero) is 1. The number of carbonyl (C=O) groups is 4. The van der Waals surface area contributed by atoms with Crippen molar-refractivity contribution in [3.63, 3.8) is 0 Å². The molecular formula is C45H55IN8O7. The van der Waals surface area contributed by atoms with E-state index in [1.54, 1.807) is 44.7 Å². The first kappa shape index (κ1) is 49.4. The zero-order valence-electron chi connectivity index (χ0n) is 36.5. The Bertz CT molecular complexity index is 2370. The zero-order chi connectivity index (χ0) is 45.1. The second kappa shape index (κ2) is 24.9. The van der Waals surface area contributed by atoms with Gasteiger partial charge in [-0.15, -0.1) is 12.3 Å². The number of nitrogens with zero attached hydrogens (tertiary/aromatic N) is 8. The molecule has 0 saturated heterocycles. The van der Waals surface area contributed by atoms with E-state index >= 15 is 0 Å². The number of rotatable bonds is 15. The summed E-state index contributed by atoms with van der Waals surface area (Å²) in [6.07, 6.45) is 6.98. The van der Waals surface area contributed by atoms with Gasteiger partial charge in [-0.3, -0.25) is 23.5 Å². The minimum atomic E-state index is -0.417. The lowest BCUT2D eigenvalue weighted by Crippen LogP contribution is -2.14. The maximum atomic E-state index is 12.6. The predicted octanol–water partition coefficient (Wildman–Crippen LogP) is 7.49. The quantitative estimate of drug-likeness (QED) is 0.0255. The van der Waals surface area contributed by atoms with Crippen molar-refractivity contribution < 1.29 is 33.4 Å². The highest BCUT2D eigenvalue weighted by molar-refractivity contribution is 14.1. The first-order chi connectivity index (χ1) is 29.2. The van der Waals surface area contributed by atoms with Crippen LogP contribution < -0.4 is 0 Å². The second-order valence-electron chi connectivity index (χ2n) is 13.4. The number of ether oxygens (including phenoxy) is 3. The molecule has 61 heavy (non-hydrogen) atoms. The molecule has 0 aliphatic heterocycles. The summed E-state index contributed by atoms with van der Waals surface area (Å²) >= 11 is 2.12. The van der Waals surface area contributed by atoms with Gasteiger partial charge in [-0.25, -0.2) is 14.4 Å². The van der Waals surface area contributed by atoms with Gasteiger partial charge in [0, 0.05) is 39.4 Å². The average molecular weight is 947 g/mol. The summed E-state index contributed by atoms with van der Waals surface area (Å²) in [6, 6.07) is 13.1. The van der Waals surface area contributed by atoms with Crippen LogP contribution in [-0.2, 0) is 47.0 Å². The Hall–Kier alpha value is -6.01. The number of terminal acetylenes is 1. The summed E-state index contributed by atoms with van der Waals surface area (Å²) in [7, 11) is 0. The lowest BCUT2D eigenvalue weighted by Gasteiger charge is -2.07. The lowest BCUT2D eigenvalue weighted by molar-refractivity contribution is 0.0455. The van der Waals surface area contributed by atoms with E-state index < -0.39 is 11.9 Å². The van der Waals surface area contributed by atoms with Crippen molar-refractivity contribution in [3.8, 4) is 24.2 Å². The Labute approximate surface area is 371 Å². The molecule has 15 nitrogen and oxygen atoms in total. The Morgan fingerprint density at radius 2 is 1.25 bits per heavy atom. The number of unbranched alkanes of at least 4 members (excludes halogenated alkanes) is 1. The topological polar surface area (TPSA) is 167 Å². The van der Waals surface area contributed by atoms with Crippen molar-refractivity contribution in [2.24, 2.45) is 0 Å². The van der Waals surface area contributed by atoms with Gasteiger partial charge in [-0.05, 0) is 102 Å². The van der Waals surface area contributed by atoms with Gasteiger partial charge >= 0.3 is 17.9 Å². The normalized spacial score (nSPS) is 10.2. The number of benzene rings is 1. The predicted molar refractivity (Wildman–Crippen MR) is 239 cm³/mol. The summed E-state index contributed by atoms with van der Waals surface area (Å²) in [5, 5.41) is 17.2. The number of esters is 3. The average Bonchev–Trinajstić information content (AvgIpc) is 3.98. The second-order valence-corrected chi connectivity index (χ2v) is 14.5. The molecule has 16 heteroatoms. The third kappa shape index (κ3) is 14.3. The summed E-state index contributed by atoms with van der Waals surface area (Å²) in [4.78, 5) is 47.7. The van der Waals surface area contributed by atoms with Crippen LogP contribution in [0.25, 0.3) is 0 Å². The summed E-state index contributed by atoms with van der Waals surface area (Å²) in [5.74, 6) is 7.64. The van der Waals surface area contributed by atoms with Crippen molar-refractivity contribution in [1.29, 1.82) is 0 Å². The molecule has 0 saturated carbocycles. The molecule has 0 fully saturated rings. The van der Waals surface area contributed by atoms with E-state index in [-0.39, 0.29) is 18.4 Å². The fourth-order valence-corrected chi connectivity index (χ4v) is 6.47. The Morgan fingerprint density at radius 3 is 1.82 bits per heavy atom. The number of aromatic nitrogens is 8. The van der Waals surface area contributed by atoms with Crippen LogP contribution in [0.5, 0.6) is 0 Å². The minimum Gasteiger partial charge on any atom is -0.461 e. The van der Waals surface area contributed by atoms with Crippen LogP contribution in [0.1, 0.15) is 130 Å². The van der Waals surface area contributed by atoms with Gasteiger partial charge < -0.3 is 14.2 Å². The van der Waals surface area contributed by atoms with Gasteiger partial charge in [0.1, 0.15) is 18.0 Å². The fourth-order valence-electron chi connectivity index (χ4n) is 5.86. The Kier molecular flexibility index (Phi) is 20.2. The SMILES string of the molecule is C#CCCn1nc(C)cc1C(C)=O.CCOC(=O)c1c(C#CCCCn2nc(C)cc2C(=O)OCc2ccccc2)c(C)nn1CC.CCOC(=O)c1c(I)c(C)nn1CC. The van der Waals surface area contributed by atoms with Crippen LogP contribution in [0.4, 0.5) is 0 Å². The first-order valence-electron chi connectivity index (χ1n) is 20.1. The molecule has 5 aromatic rings. The maximum Gasteiger partial charge on any atom is 0.357 e. The molecule has 5 rings (SSSR count). The minimum absolute atomic E-state index is 0.0256. The molecule has 0 N–H and O–H groups in total.